The maximum absolute atomic E-state index is 11.9. The largest absolute Gasteiger partial charge is 0.481 e. The van der Waals surface area contributed by atoms with E-state index in [-0.39, 0.29) is 17.8 Å². The molecule has 1 aliphatic carbocycles. The third kappa shape index (κ3) is 3.81. The third-order valence-corrected chi connectivity index (χ3v) is 3.63. The van der Waals surface area contributed by atoms with Crippen LogP contribution < -0.4 is 0 Å². The summed E-state index contributed by atoms with van der Waals surface area (Å²) in [5.41, 5.74) is 0.968. The van der Waals surface area contributed by atoms with Gasteiger partial charge in [0, 0.05) is 0 Å². The van der Waals surface area contributed by atoms with Gasteiger partial charge in [0.15, 0.2) is 0 Å². The fraction of sp³-hybridized carbons (Fsp3) is 0.467. The molecule has 0 aromatic heterocycles. The molecular formula is C15H18O4. The van der Waals surface area contributed by atoms with Crippen molar-refractivity contribution in [3.05, 3.63) is 35.9 Å². The molecule has 0 atom stereocenters. The molecule has 19 heavy (non-hydrogen) atoms. The average molecular weight is 262 g/mol. The second-order valence-electron chi connectivity index (χ2n) is 4.98. The summed E-state index contributed by atoms with van der Waals surface area (Å²) in [6, 6.07) is 9.55. The van der Waals surface area contributed by atoms with Crippen molar-refractivity contribution in [1.29, 1.82) is 0 Å². The molecule has 1 N–H and O–H groups in total. The summed E-state index contributed by atoms with van der Waals surface area (Å²) in [5, 5.41) is 8.90. The summed E-state index contributed by atoms with van der Waals surface area (Å²) in [6.45, 7) is 0.290. The molecule has 1 fully saturated rings. The molecule has 0 saturated heterocycles. The summed E-state index contributed by atoms with van der Waals surface area (Å²) in [4.78, 5) is 22.7. The first-order valence-corrected chi connectivity index (χ1v) is 6.60. The van der Waals surface area contributed by atoms with Crippen molar-refractivity contribution in [2.45, 2.75) is 32.3 Å². The molecule has 4 nitrogen and oxygen atoms in total. The van der Waals surface area contributed by atoms with Crippen LogP contribution in [0.1, 0.15) is 31.2 Å². The summed E-state index contributed by atoms with van der Waals surface area (Å²) in [7, 11) is 0. The van der Waals surface area contributed by atoms with Crippen molar-refractivity contribution in [3.8, 4) is 0 Å². The van der Waals surface area contributed by atoms with E-state index in [9.17, 15) is 9.59 Å². The zero-order chi connectivity index (χ0) is 13.7. The fourth-order valence-electron chi connectivity index (χ4n) is 2.42. The first-order valence-electron chi connectivity index (χ1n) is 6.60. The monoisotopic (exact) mass is 262 g/mol. The second kappa shape index (κ2) is 6.36. The lowest BCUT2D eigenvalue weighted by molar-refractivity contribution is -0.153. The molecule has 0 amide bonds. The molecule has 1 saturated carbocycles. The maximum Gasteiger partial charge on any atom is 0.309 e. The van der Waals surface area contributed by atoms with Crippen LogP contribution in [0.2, 0.25) is 0 Å². The predicted octanol–water partition coefficient (Wildman–Crippen LogP) is 2.62. The lowest BCUT2D eigenvalue weighted by Gasteiger charge is -2.24. The van der Waals surface area contributed by atoms with Crippen molar-refractivity contribution >= 4 is 11.9 Å². The van der Waals surface area contributed by atoms with Crippen LogP contribution in [-0.2, 0) is 20.9 Å². The fourth-order valence-corrected chi connectivity index (χ4v) is 2.42. The molecule has 0 unspecified atom stereocenters. The lowest BCUT2D eigenvalue weighted by atomic mass is 9.82. The Morgan fingerprint density at radius 2 is 1.63 bits per heavy atom. The minimum atomic E-state index is -0.754. The van der Waals surface area contributed by atoms with E-state index in [1.54, 1.807) is 0 Å². The number of carbonyl (C=O) groups excluding carboxylic acids is 1. The minimum absolute atomic E-state index is 0.140. The summed E-state index contributed by atoms with van der Waals surface area (Å²) in [5.74, 6) is -1.39. The number of aliphatic carboxylic acids is 1. The Kier molecular flexibility index (Phi) is 4.55. The topological polar surface area (TPSA) is 63.6 Å². The van der Waals surface area contributed by atoms with E-state index in [1.165, 1.54) is 0 Å². The van der Waals surface area contributed by atoms with E-state index < -0.39 is 5.97 Å². The van der Waals surface area contributed by atoms with Gasteiger partial charge in [0.1, 0.15) is 6.61 Å². The third-order valence-electron chi connectivity index (χ3n) is 3.63. The smallest absolute Gasteiger partial charge is 0.309 e. The number of esters is 1. The average Bonchev–Trinajstić information content (AvgIpc) is 2.46. The Hall–Kier alpha value is -1.84. The Morgan fingerprint density at radius 3 is 2.21 bits per heavy atom. The van der Waals surface area contributed by atoms with Gasteiger partial charge in [-0.25, -0.2) is 0 Å². The molecular weight excluding hydrogens is 244 g/mol. The Labute approximate surface area is 112 Å². The van der Waals surface area contributed by atoms with Crippen molar-refractivity contribution in [2.75, 3.05) is 0 Å². The molecule has 0 spiro atoms. The molecule has 2 rings (SSSR count). The Bertz CT molecular complexity index is 433. The van der Waals surface area contributed by atoms with E-state index in [2.05, 4.69) is 0 Å². The van der Waals surface area contributed by atoms with Crippen molar-refractivity contribution in [2.24, 2.45) is 11.8 Å². The van der Waals surface area contributed by atoms with Gasteiger partial charge in [-0.05, 0) is 31.2 Å². The highest BCUT2D eigenvalue weighted by Crippen LogP contribution is 2.29. The van der Waals surface area contributed by atoms with Crippen LogP contribution in [0.15, 0.2) is 30.3 Å². The first kappa shape index (κ1) is 13.6. The number of hydrogen-bond acceptors (Lipinski definition) is 3. The normalized spacial score (nSPS) is 22.7. The molecule has 0 bridgehead atoms. The van der Waals surface area contributed by atoms with Crippen molar-refractivity contribution < 1.29 is 19.4 Å². The maximum atomic E-state index is 11.9. The SMILES string of the molecule is O=C(O)[C@H]1CC[C@@H](C(=O)OCc2ccccc2)CC1. The van der Waals surface area contributed by atoms with E-state index in [4.69, 9.17) is 9.84 Å². The Morgan fingerprint density at radius 1 is 1.05 bits per heavy atom. The molecule has 102 valence electrons. The van der Waals surface area contributed by atoms with Crippen molar-refractivity contribution in [3.63, 3.8) is 0 Å². The van der Waals surface area contributed by atoms with Gasteiger partial charge in [-0.2, -0.15) is 0 Å². The summed E-state index contributed by atoms with van der Waals surface area (Å²) >= 11 is 0. The minimum Gasteiger partial charge on any atom is -0.481 e. The number of ether oxygens (including phenoxy) is 1. The van der Waals surface area contributed by atoms with Crippen LogP contribution in [0.3, 0.4) is 0 Å². The lowest BCUT2D eigenvalue weighted by Crippen LogP contribution is -2.27. The van der Waals surface area contributed by atoms with Crippen molar-refractivity contribution in [1.82, 2.24) is 0 Å². The van der Waals surface area contributed by atoms with Crippen LogP contribution in [0.4, 0.5) is 0 Å². The van der Waals surface area contributed by atoms with Gasteiger partial charge in [0.25, 0.3) is 0 Å². The van der Waals surface area contributed by atoms with Gasteiger partial charge in [-0.1, -0.05) is 30.3 Å². The van der Waals surface area contributed by atoms with Crippen LogP contribution in [-0.4, -0.2) is 17.0 Å². The summed E-state index contributed by atoms with van der Waals surface area (Å²) in [6.07, 6.45) is 2.37. The van der Waals surface area contributed by atoms with E-state index >= 15 is 0 Å². The van der Waals surface area contributed by atoms with E-state index in [0.29, 0.717) is 32.3 Å². The zero-order valence-corrected chi connectivity index (χ0v) is 10.7. The van der Waals surface area contributed by atoms with E-state index in [1.807, 2.05) is 30.3 Å². The molecule has 1 aromatic carbocycles. The number of hydrogen-bond donors (Lipinski definition) is 1. The van der Waals surface area contributed by atoms with Crippen LogP contribution >= 0.6 is 0 Å². The molecule has 1 aromatic rings. The van der Waals surface area contributed by atoms with Gasteiger partial charge in [0.05, 0.1) is 11.8 Å². The molecule has 0 heterocycles. The number of carboxylic acids is 1. The molecule has 4 heteroatoms. The van der Waals surface area contributed by atoms with Gasteiger partial charge in [0.2, 0.25) is 0 Å². The summed E-state index contributed by atoms with van der Waals surface area (Å²) < 4.78 is 5.28. The quantitative estimate of drug-likeness (QED) is 0.847. The first-order chi connectivity index (χ1) is 9.16. The van der Waals surface area contributed by atoms with Gasteiger partial charge in [-0.15, -0.1) is 0 Å². The van der Waals surface area contributed by atoms with E-state index in [0.717, 1.165) is 5.56 Å². The van der Waals surface area contributed by atoms with Crippen LogP contribution in [0.5, 0.6) is 0 Å². The highest BCUT2D eigenvalue weighted by atomic mass is 16.5. The Balaban J connectivity index is 1.77. The van der Waals surface area contributed by atoms with Gasteiger partial charge >= 0.3 is 11.9 Å². The predicted molar refractivity (Wildman–Crippen MR) is 69.3 cm³/mol. The molecule has 1 aliphatic rings. The van der Waals surface area contributed by atoms with Crippen LogP contribution in [0.25, 0.3) is 0 Å². The van der Waals surface area contributed by atoms with Gasteiger partial charge < -0.3 is 9.84 Å². The zero-order valence-electron chi connectivity index (χ0n) is 10.7. The molecule has 0 radical (unpaired) electrons. The van der Waals surface area contributed by atoms with Gasteiger partial charge in [-0.3, -0.25) is 9.59 Å². The number of carbonyl (C=O) groups is 2. The number of rotatable bonds is 4. The number of benzene rings is 1. The second-order valence-corrected chi connectivity index (χ2v) is 4.98. The highest BCUT2D eigenvalue weighted by Gasteiger charge is 2.30. The number of carboxylic acid groups (broad SMARTS) is 1. The molecule has 0 aliphatic heterocycles. The van der Waals surface area contributed by atoms with Crippen LogP contribution in [0, 0.1) is 11.8 Å². The standard InChI is InChI=1S/C15H18O4/c16-14(17)12-6-8-13(9-7-12)15(18)19-10-11-4-2-1-3-5-11/h1-5,12-13H,6-10H2,(H,16,17)/t12-,13+. The highest BCUT2D eigenvalue weighted by molar-refractivity contribution is 5.74.